The Balaban J connectivity index is 1.68. The van der Waals surface area contributed by atoms with E-state index in [1.807, 2.05) is 13.8 Å². The SMILES string of the molecule is CC1(C)C2C(=O)N(CCNC(=O)CSCC(=O)O)C(=O)C21. The fourth-order valence-electron chi connectivity index (χ4n) is 2.81. The molecule has 2 fully saturated rings. The predicted molar refractivity (Wildman–Crippen MR) is 75.5 cm³/mol. The van der Waals surface area contributed by atoms with Gasteiger partial charge in [-0.2, -0.15) is 0 Å². The Morgan fingerprint density at radius 3 is 2.33 bits per heavy atom. The molecule has 2 aliphatic rings. The Labute approximate surface area is 126 Å². The summed E-state index contributed by atoms with van der Waals surface area (Å²) in [6.45, 7) is 4.20. The molecular weight excluding hydrogens is 296 g/mol. The van der Waals surface area contributed by atoms with Crippen LogP contribution in [0.15, 0.2) is 0 Å². The topological polar surface area (TPSA) is 104 Å². The predicted octanol–water partition coefficient (Wildman–Crippen LogP) is -0.439. The molecule has 1 aliphatic carbocycles. The van der Waals surface area contributed by atoms with E-state index in [1.54, 1.807) is 0 Å². The van der Waals surface area contributed by atoms with E-state index in [1.165, 1.54) is 4.90 Å². The van der Waals surface area contributed by atoms with Crippen LogP contribution >= 0.6 is 11.8 Å². The molecule has 1 aliphatic heterocycles. The standard InChI is InChI=1S/C13H18N2O5S/c1-13(2)9-10(13)12(20)15(11(9)19)4-3-14-7(16)5-21-6-8(17)18/h9-10H,3-6H2,1-2H3,(H,14,16)(H,17,18). The zero-order valence-corrected chi connectivity index (χ0v) is 12.7. The van der Waals surface area contributed by atoms with Gasteiger partial charge in [-0.15, -0.1) is 11.8 Å². The first kappa shape index (κ1) is 15.8. The summed E-state index contributed by atoms with van der Waals surface area (Å²) in [5.41, 5.74) is -0.221. The third-order valence-electron chi connectivity index (χ3n) is 4.01. The van der Waals surface area contributed by atoms with Crippen LogP contribution in [-0.2, 0) is 19.2 Å². The number of hydrogen-bond donors (Lipinski definition) is 2. The number of fused-ring (bicyclic) bond motifs is 1. The second-order valence-electron chi connectivity index (χ2n) is 5.84. The van der Waals surface area contributed by atoms with Gasteiger partial charge in [0.25, 0.3) is 0 Å². The van der Waals surface area contributed by atoms with Gasteiger partial charge in [0, 0.05) is 13.1 Å². The number of nitrogens with one attached hydrogen (secondary N) is 1. The average Bonchev–Trinajstić information content (AvgIpc) is 2.84. The first-order chi connectivity index (χ1) is 9.76. The van der Waals surface area contributed by atoms with E-state index in [0.29, 0.717) is 0 Å². The Kier molecular flexibility index (Phi) is 4.27. The highest BCUT2D eigenvalue weighted by Crippen LogP contribution is 2.63. The van der Waals surface area contributed by atoms with Crippen LogP contribution in [0.1, 0.15) is 13.8 Å². The van der Waals surface area contributed by atoms with E-state index < -0.39 is 5.97 Å². The van der Waals surface area contributed by atoms with Crippen LogP contribution in [0.5, 0.6) is 0 Å². The molecule has 1 saturated heterocycles. The highest BCUT2D eigenvalue weighted by Gasteiger charge is 2.72. The van der Waals surface area contributed by atoms with Crippen molar-refractivity contribution in [3.05, 3.63) is 0 Å². The number of piperidine rings is 1. The van der Waals surface area contributed by atoms with Crippen molar-refractivity contribution >= 4 is 35.5 Å². The van der Waals surface area contributed by atoms with Crippen LogP contribution in [0.3, 0.4) is 0 Å². The minimum Gasteiger partial charge on any atom is -0.481 e. The highest BCUT2D eigenvalue weighted by atomic mass is 32.2. The minimum atomic E-state index is -0.970. The molecule has 21 heavy (non-hydrogen) atoms. The van der Waals surface area contributed by atoms with Gasteiger partial charge in [-0.3, -0.25) is 24.1 Å². The van der Waals surface area contributed by atoms with E-state index in [9.17, 15) is 19.2 Å². The number of imide groups is 1. The number of carbonyl (C=O) groups excluding carboxylic acids is 3. The molecule has 0 radical (unpaired) electrons. The Hall–Kier alpha value is -1.57. The molecular formula is C13H18N2O5S. The second kappa shape index (κ2) is 5.67. The number of thioether (sulfide) groups is 1. The quantitative estimate of drug-likeness (QED) is 0.618. The third-order valence-corrected chi connectivity index (χ3v) is 4.93. The van der Waals surface area contributed by atoms with Gasteiger partial charge in [0.05, 0.1) is 23.3 Å². The molecule has 0 aromatic heterocycles. The van der Waals surface area contributed by atoms with Gasteiger partial charge in [-0.1, -0.05) is 13.8 Å². The number of aliphatic carboxylic acids is 1. The van der Waals surface area contributed by atoms with Gasteiger partial charge >= 0.3 is 5.97 Å². The fraction of sp³-hybridized carbons (Fsp3) is 0.692. The molecule has 0 spiro atoms. The molecule has 1 saturated carbocycles. The highest BCUT2D eigenvalue weighted by molar-refractivity contribution is 8.00. The lowest BCUT2D eigenvalue weighted by molar-refractivity contribution is -0.143. The Morgan fingerprint density at radius 1 is 1.24 bits per heavy atom. The van der Waals surface area contributed by atoms with E-state index in [0.717, 1.165) is 11.8 Å². The smallest absolute Gasteiger partial charge is 0.313 e. The van der Waals surface area contributed by atoms with Crippen LogP contribution in [0, 0.1) is 17.3 Å². The number of rotatable bonds is 7. The van der Waals surface area contributed by atoms with E-state index in [2.05, 4.69) is 5.32 Å². The number of carboxylic acid groups (broad SMARTS) is 1. The van der Waals surface area contributed by atoms with Crippen molar-refractivity contribution in [3.8, 4) is 0 Å². The summed E-state index contributed by atoms with van der Waals surface area (Å²) in [4.78, 5) is 47.0. The van der Waals surface area contributed by atoms with E-state index >= 15 is 0 Å². The maximum absolute atomic E-state index is 12.0. The summed E-state index contributed by atoms with van der Waals surface area (Å²) in [5.74, 6) is -2.05. The van der Waals surface area contributed by atoms with Crippen LogP contribution in [0.2, 0.25) is 0 Å². The number of carbonyl (C=O) groups is 4. The van der Waals surface area contributed by atoms with Crippen molar-refractivity contribution in [1.29, 1.82) is 0 Å². The Bertz CT molecular complexity index is 481. The lowest BCUT2D eigenvalue weighted by Gasteiger charge is -2.20. The molecule has 2 rings (SSSR count). The van der Waals surface area contributed by atoms with Crippen LogP contribution in [0.25, 0.3) is 0 Å². The molecule has 0 aromatic rings. The van der Waals surface area contributed by atoms with Crippen molar-refractivity contribution in [2.45, 2.75) is 13.8 Å². The van der Waals surface area contributed by atoms with Gasteiger partial charge < -0.3 is 10.4 Å². The van der Waals surface area contributed by atoms with Crippen molar-refractivity contribution in [2.75, 3.05) is 24.6 Å². The number of nitrogens with zero attached hydrogens (tertiary/aromatic N) is 1. The number of likely N-dealkylation sites (tertiary alicyclic amines) is 1. The first-order valence-electron chi connectivity index (χ1n) is 6.68. The zero-order chi connectivity index (χ0) is 15.8. The van der Waals surface area contributed by atoms with Crippen LogP contribution < -0.4 is 5.32 Å². The lowest BCUT2D eigenvalue weighted by Crippen LogP contribution is -2.42. The molecule has 0 aromatic carbocycles. The van der Waals surface area contributed by atoms with Crippen molar-refractivity contribution in [1.82, 2.24) is 10.2 Å². The van der Waals surface area contributed by atoms with Gasteiger partial charge in [-0.05, 0) is 5.41 Å². The van der Waals surface area contributed by atoms with Crippen molar-refractivity contribution in [3.63, 3.8) is 0 Å². The second-order valence-corrected chi connectivity index (χ2v) is 6.83. The average molecular weight is 314 g/mol. The van der Waals surface area contributed by atoms with Crippen molar-refractivity contribution < 1.29 is 24.3 Å². The molecule has 7 nitrogen and oxygen atoms in total. The molecule has 1 heterocycles. The molecule has 116 valence electrons. The minimum absolute atomic E-state index is 0.0481. The molecule has 2 unspecified atom stereocenters. The summed E-state index contributed by atoms with van der Waals surface area (Å²) in [6.07, 6.45) is 0. The van der Waals surface area contributed by atoms with E-state index in [4.69, 9.17) is 5.11 Å². The van der Waals surface area contributed by atoms with Crippen LogP contribution in [-0.4, -0.2) is 58.3 Å². The summed E-state index contributed by atoms with van der Waals surface area (Å²) in [6, 6.07) is 0. The Morgan fingerprint density at radius 2 is 1.81 bits per heavy atom. The monoisotopic (exact) mass is 314 g/mol. The van der Waals surface area contributed by atoms with Crippen molar-refractivity contribution in [2.24, 2.45) is 17.3 Å². The van der Waals surface area contributed by atoms with Gasteiger partial charge in [-0.25, -0.2) is 0 Å². The fourth-order valence-corrected chi connectivity index (χ4v) is 3.38. The van der Waals surface area contributed by atoms with Gasteiger partial charge in [0.2, 0.25) is 17.7 Å². The zero-order valence-electron chi connectivity index (χ0n) is 11.9. The molecule has 2 N–H and O–H groups in total. The summed E-state index contributed by atoms with van der Waals surface area (Å²) < 4.78 is 0. The lowest BCUT2D eigenvalue weighted by atomic mass is 10.1. The normalized spacial score (nSPS) is 25.7. The van der Waals surface area contributed by atoms with Gasteiger partial charge in [0.15, 0.2) is 0 Å². The summed E-state index contributed by atoms with van der Waals surface area (Å²) in [7, 11) is 0. The maximum atomic E-state index is 12.0. The molecule has 3 amide bonds. The first-order valence-corrected chi connectivity index (χ1v) is 7.83. The number of carboxylic acids is 1. The molecule has 2 atom stereocenters. The maximum Gasteiger partial charge on any atom is 0.313 e. The molecule has 0 bridgehead atoms. The third kappa shape index (κ3) is 3.04. The number of amides is 3. The van der Waals surface area contributed by atoms with E-state index in [-0.39, 0.29) is 59.6 Å². The number of hydrogen-bond acceptors (Lipinski definition) is 5. The van der Waals surface area contributed by atoms with Gasteiger partial charge in [0.1, 0.15) is 0 Å². The summed E-state index contributed by atoms with van der Waals surface area (Å²) >= 11 is 1.00. The largest absolute Gasteiger partial charge is 0.481 e. The molecule has 8 heteroatoms. The van der Waals surface area contributed by atoms with Crippen LogP contribution in [0.4, 0.5) is 0 Å². The summed E-state index contributed by atoms with van der Waals surface area (Å²) in [5, 5.41) is 11.0.